The Labute approximate surface area is 191 Å². The monoisotopic (exact) mass is 443 g/mol. The number of hydrogen-bond acceptors (Lipinski definition) is 4. The Morgan fingerprint density at radius 3 is 2.55 bits per heavy atom. The zero-order valence-electron chi connectivity index (χ0n) is 18.4. The predicted molar refractivity (Wildman–Crippen MR) is 123 cm³/mol. The van der Waals surface area contributed by atoms with E-state index in [1.165, 1.54) is 0 Å². The van der Waals surface area contributed by atoms with Gasteiger partial charge in [0.1, 0.15) is 18.2 Å². The summed E-state index contributed by atoms with van der Waals surface area (Å²) in [5, 5.41) is 4.83. The minimum absolute atomic E-state index is 0.227. The van der Waals surface area contributed by atoms with E-state index in [1.54, 1.807) is 11.8 Å². The van der Waals surface area contributed by atoms with E-state index in [-0.39, 0.29) is 18.6 Å². The third kappa shape index (κ3) is 3.85. The summed E-state index contributed by atoms with van der Waals surface area (Å²) in [6, 6.07) is 22.7. The highest BCUT2D eigenvalue weighted by Crippen LogP contribution is 2.31. The van der Waals surface area contributed by atoms with Crippen LogP contribution in [-0.2, 0) is 19.9 Å². The molecule has 2 fully saturated rings. The number of benzene rings is 3. The molecule has 2 unspecified atom stereocenters. The second-order valence-electron chi connectivity index (χ2n) is 8.62. The van der Waals surface area contributed by atoms with Gasteiger partial charge in [-0.05, 0) is 34.9 Å². The minimum Gasteiger partial charge on any atom is -0.370 e. The number of urea groups is 1. The molecule has 2 aliphatic rings. The lowest BCUT2D eigenvalue weighted by atomic mass is 9.90. The molecule has 7 heteroatoms. The Morgan fingerprint density at radius 2 is 1.76 bits per heavy atom. The number of carbonyl (C=O) groups excluding carboxylic acids is 3. The maximum atomic E-state index is 13.3. The van der Waals surface area contributed by atoms with E-state index in [0.29, 0.717) is 25.3 Å². The van der Waals surface area contributed by atoms with Gasteiger partial charge in [0.05, 0.1) is 13.2 Å². The van der Waals surface area contributed by atoms with E-state index >= 15 is 0 Å². The van der Waals surface area contributed by atoms with Crippen LogP contribution < -0.4 is 5.32 Å². The Kier molecular flexibility index (Phi) is 5.34. The quantitative estimate of drug-likeness (QED) is 0.628. The fraction of sp³-hybridized carbons (Fsp3) is 0.269. The highest BCUT2D eigenvalue weighted by molar-refractivity contribution is 6.09. The molecule has 0 aliphatic carbocycles. The zero-order valence-corrected chi connectivity index (χ0v) is 18.4. The molecule has 4 amide bonds. The SMILES string of the molecule is CC1(c2ccc3ccccc3c2)NC(=O)N(CC(=O)N2CCOC(c3ccccc3)C2)C1=O. The molecule has 3 aromatic rings. The molecule has 3 aromatic carbocycles. The van der Waals surface area contributed by atoms with Crippen molar-refractivity contribution < 1.29 is 19.1 Å². The minimum atomic E-state index is -1.22. The van der Waals surface area contributed by atoms with Gasteiger partial charge in [0.2, 0.25) is 5.91 Å². The Bertz CT molecular complexity index is 1230. The summed E-state index contributed by atoms with van der Waals surface area (Å²) in [7, 11) is 0. The number of rotatable bonds is 4. The van der Waals surface area contributed by atoms with Crippen LogP contribution in [0.25, 0.3) is 10.8 Å². The molecule has 0 spiro atoms. The van der Waals surface area contributed by atoms with Crippen molar-refractivity contribution in [2.24, 2.45) is 0 Å². The average molecular weight is 444 g/mol. The maximum absolute atomic E-state index is 13.3. The van der Waals surface area contributed by atoms with Gasteiger partial charge >= 0.3 is 6.03 Å². The summed E-state index contributed by atoms with van der Waals surface area (Å²) in [4.78, 5) is 41.8. The van der Waals surface area contributed by atoms with Crippen LogP contribution in [-0.4, -0.2) is 53.9 Å². The first-order valence-electron chi connectivity index (χ1n) is 11.0. The molecule has 7 nitrogen and oxygen atoms in total. The topological polar surface area (TPSA) is 79.0 Å². The molecule has 5 rings (SSSR count). The lowest BCUT2D eigenvalue weighted by molar-refractivity contribution is -0.143. The highest BCUT2D eigenvalue weighted by atomic mass is 16.5. The highest BCUT2D eigenvalue weighted by Gasteiger charge is 2.50. The van der Waals surface area contributed by atoms with Crippen LogP contribution in [0, 0.1) is 0 Å². The summed E-state index contributed by atoms with van der Waals surface area (Å²) >= 11 is 0. The molecule has 33 heavy (non-hydrogen) atoms. The van der Waals surface area contributed by atoms with Crippen molar-refractivity contribution in [3.05, 3.63) is 83.9 Å². The number of morpholine rings is 1. The van der Waals surface area contributed by atoms with Crippen LogP contribution in [0.4, 0.5) is 4.79 Å². The van der Waals surface area contributed by atoms with Gasteiger partial charge in [0, 0.05) is 6.54 Å². The molecular weight excluding hydrogens is 418 g/mol. The van der Waals surface area contributed by atoms with Crippen LogP contribution >= 0.6 is 0 Å². The van der Waals surface area contributed by atoms with Crippen molar-refractivity contribution in [2.75, 3.05) is 26.2 Å². The smallest absolute Gasteiger partial charge is 0.325 e. The molecular formula is C26H25N3O4. The molecule has 2 atom stereocenters. The number of carbonyl (C=O) groups is 3. The van der Waals surface area contributed by atoms with E-state index < -0.39 is 17.5 Å². The van der Waals surface area contributed by atoms with E-state index in [9.17, 15) is 14.4 Å². The van der Waals surface area contributed by atoms with Gasteiger partial charge in [0.15, 0.2) is 0 Å². The predicted octanol–water partition coefficient (Wildman–Crippen LogP) is 3.21. The fourth-order valence-corrected chi connectivity index (χ4v) is 4.52. The average Bonchev–Trinajstić information content (AvgIpc) is 3.08. The van der Waals surface area contributed by atoms with E-state index in [4.69, 9.17) is 4.74 Å². The summed E-state index contributed by atoms with van der Waals surface area (Å²) < 4.78 is 5.83. The van der Waals surface area contributed by atoms with Gasteiger partial charge in [-0.25, -0.2) is 4.79 Å². The van der Waals surface area contributed by atoms with Crippen LogP contribution in [0.5, 0.6) is 0 Å². The van der Waals surface area contributed by atoms with Crippen molar-refractivity contribution in [1.29, 1.82) is 0 Å². The molecule has 0 saturated carbocycles. The van der Waals surface area contributed by atoms with Crippen molar-refractivity contribution >= 4 is 28.6 Å². The largest absolute Gasteiger partial charge is 0.370 e. The number of fused-ring (bicyclic) bond motifs is 1. The second kappa shape index (κ2) is 8.33. The molecule has 2 aliphatic heterocycles. The molecule has 0 aromatic heterocycles. The van der Waals surface area contributed by atoms with Crippen molar-refractivity contribution in [3.8, 4) is 0 Å². The standard InChI is InChI=1S/C26H25N3O4/c1-26(21-12-11-18-7-5-6-10-20(18)15-21)24(31)29(25(32)27-26)17-23(30)28-13-14-33-22(16-28)19-8-3-2-4-9-19/h2-12,15,22H,13-14,16-17H2,1H3,(H,27,32). The van der Waals surface area contributed by atoms with E-state index in [0.717, 1.165) is 21.2 Å². The van der Waals surface area contributed by atoms with Crippen LogP contribution in [0.3, 0.4) is 0 Å². The van der Waals surface area contributed by atoms with Gasteiger partial charge in [-0.3, -0.25) is 14.5 Å². The lowest BCUT2D eigenvalue weighted by Crippen LogP contribution is -2.48. The first kappa shape index (κ1) is 21.2. The molecule has 168 valence electrons. The van der Waals surface area contributed by atoms with Gasteiger partial charge in [-0.2, -0.15) is 0 Å². The molecule has 2 saturated heterocycles. The fourth-order valence-electron chi connectivity index (χ4n) is 4.52. The third-order valence-corrected chi connectivity index (χ3v) is 6.49. The normalized spacial score (nSPS) is 23.1. The summed E-state index contributed by atoms with van der Waals surface area (Å²) in [6.07, 6.45) is -0.227. The molecule has 0 radical (unpaired) electrons. The molecule has 0 bridgehead atoms. The number of nitrogens with zero attached hydrogens (tertiary/aromatic N) is 2. The first-order chi connectivity index (χ1) is 16.0. The zero-order chi connectivity index (χ0) is 23.0. The number of nitrogens with one attached hydrogen (secondary N) is 1. The van der Waals surface area contributed by atoms with Crippen LogP contribution in [0.1, 0.15) is 24.2 Å². The molecule has 1 N–H and O–H groups in total. The van der Waals surface area contributed by atoms with E-state index in [1.807, 2.05) is 72.8 Å². The number of imide groups is 1. The van der Waals surface area contributed by atoms with Gasteiger partial charge in [-0.1, -0.05) is 66.7 Å². The van der Waals surface area contributed by atoms with Gasteiger partial charge < -0.3 is 15.0 Å². The third-order valence-electron chi connectivity index (χ3n) is 6.49. The van der Waals surface area contributed by atoms with Crippen LogP contribution in [0.15, 0.2) is 72.8 Å². The summed E-state index contributed by atoms with van der Waals surface area (Å²) in [5.74, 6) is -0.700. The lowest BCUT2D eigenvalue weighted by Gasteiger charge is -2.34. The second-order valence-corrected chi connectivity index (χ2v) is 8.62. The number of ether oxygens (including phenoxy) is 1. The van der Waals surface area contributed by atoms with Crippen LogP contribution in [0.2, 0.25) is 0 Å². The first-order valence-corrected chi connectivity index (χ1v) is 11.0. The van der Waals surface area contributed by atoms with Crippen molar-refractivity contribution in [3.63, 3.8) is 0 Å². The maximum Gasteiger partial charge on any atom is 0.325 e. The Balaban J connectivity index is 1.32. The van der Waals surface area contributed by atoms with E-state index in [2.05, 4.69) is 5.32 Å². The van der Waals surface area contributed by atoms with Crippen molar-refractivity contribution in [2.45, 2.75) is 18.6 Å². The summed E-state index contributed by atoms with van der Waals surface area (Å²) in [6.45, 7) is 2.60. The van der Waals surface area contributed by atoms with Gasteiger partial charge in [-0.15, -0.1) is 0 Å². The van der Waals surface area contributed by atoms with Crippen molar-refractivity contribution in [1.82, 2.24) is 15.1 Å². The number of hydrogen-bond donors (Lipinski definition) is 1. The van der Waals surface area contributed by atoms with Gasteiger partial charge in [0.25, 0.3) is 5.91 Å². The Morgan fingerprint density at radius 1 is 1.03 bits per heavy atom. The summed E-state index contributed by atoms with van der Waals surface area (Å²) in [5.41, 5.74) is 0.456. The Hall–Kier alpha value is -3.71. The molecule has 2 heterocycles. The number of amides is 4.